The van der Waals surface area contributed by atoms with Gasteiger partial charge in [-0.05, 0) is 195 Å². The number of carbonyl (C=O) groups is 6. The minimum absolute atomic E-state index is 0. The number of amides is 3. The van der Waals surface area contributed by atoms with Crippen molar-refractivity contribution in [3.63, 3.8) is 0 Å². The van der Waals surface area contributed by atoms with E-state index in [1.807, 2.05) is 113 Å². The van der Waals surface area contributed by atoms with Crippen molar-refractivity contribution < 1.29 is 71.5 Å². The number of esters is 2. The average Bonchev–Trinajstić information content (AvgIpc) is 1.62. The molecule has 2 heterocycles. The fourth-order valence-corrected chi connectivity index (χ4v) is 10.9. The Kier molecular flexibility index (Phi) is 38.8. The van der Waals surface area contributed by atoms with Crippen LogP contribution in [0.25, 0.3) is 22.3 Å². The first-order valence-corrected chi connectivity index (χ1v) is 47.3. The molecule has 9 aromatic carbocycles. The number of benzene rings is 9. The number of nitrogens with zero attached hydrogens (tertiary/aromatic N) is 3. The van der Waals surface area contributed by atoms with E-state index in [2.05, 4.69) is 124 Å². The number of hydrogen-bond acceptors (Lipinski definition) is 10. The zero-order valence-electron chi connectivity index (χ0n) is 57.6. The Hall–Kier alpha value is -7.15. The molecule has 0 unspecified atom stereocenters. The van der Waals surface area contributed by atoms with Crippen LogP contribution in [0.2, 0.25) is 0 Å². The van der Waals surface area contributed by atoms with E-state index in [1.54, 1.807) is 100 Å². The van der Waals surface area contributed by atoms with Crippen LogP contribution in [0.1, 0.15) is 112 Å². The Bertz CT molecular complexity index is 4500. The molecule has 0 spiro atoms. The average molecular weight is 1990 g/mol. The fraction of sp³-hybridized carbons (Fsp3) is 0.152. The van der Waals surface area contributed by atoms with Crippen molar-refractivity contribution in [3.8, 4) is 11.8 Å². The number of hydrogen-bond donors (Lipinski definition) is 3. The van der Waals surface area contributed by atoms with E-state index in [9.17, 15) is 47.0 Å². The van der Waals surface area contributed by atoms with Crippen LogP contribution in [0.4, 0.5) is 30.2 Å². The normalized spacial score (nSPS) is 12.1. The molecule has 11 rings (SSSR count). The van der Waals surface area contributed by atoms with Crippen LogP contribution in [-0.2, 0) is 48.4 Å². The Morgan fingerprint density at radius 3 is 1.29 bits per heavy atom. The van der Waals surface area contributed by atoms with Crippen LogP contribution in [0, 0.1) is 40.3 Å². The van der Waals surface area contributed by atoms with Gasteiger partial charge in [0.05, 0.1) is 78.8 Å². The van der Waals surface area contributed by atoms with Crippen LogP contribution < -0.4 is 20.2 Å². The number of carboxylic acids is 1. The molecule has 0 bridgehead atoms. The number of allylic oxidation sites excluding steroid dienone is 2. The summed E-state index contributed by atoms with van der Waals surface area (Å²) in [6.45, 7) is 12.4. The van der Waals surface area contributed by atoms with Gasteiger partial charge in [0.2, 0.25) is 0 Å². The number of aromatic carboxylic acids is 1. The summed E-state index contributed by atoms with van der Waals surface area (Å²) in [5.41, 5.74) is 12.1. The number of methoxy groups -OCH3 is 2. The predicted octanol–water partition coefficient (Wildman–Crippen LogP) is 18.8. The summed E-state index contributed by atoms with van der Waals surface area (Å²) < 4.78 is 50.5. The molecule has 103 heavy (non-hydrogen) atoms. The van der Waals surface area contributed by atoms with Gasteiger partial charge in [0.1, 0.15) is 17.5 Å². The van der Waals surface area contributed by atoms with Crippen molar-refractivity contribution in [2.45, 2.75) is 61.2 Å². The first kappa shape index (κ1) is 88.2. The van der Waals surface area contributed by atoms with Gasteiger partial charge in [0.15, 0.2) is 0 Å². The Labute approximate surface area is 665 Å². The molecule has 536 valence electrons. The first-order chi connectivity index (χ1) is 48.8. The molecular formula is C79H74BF3I5N3O11V-. The third-order valence-corrected chi connectivity index (χ3v) is 15.7. The second-order valence-electron chi connectivity index (χ2n) is 21.3. The van der Waals surface area contributed by atoms with Crippen LogP contribution in [0.15, 0.2) is 218 Å². The molecule has 0 atom stereocenters. The summed E-state index contributed by atoms with van der Waals surface area (Å²) in [6.07, 6.45) is 0. The number of anilines is 3. The predicted molar refractivity (Wildman–Crippen MR) is 446 cm³/mol. The molecule has 24 heteroatoms. The van der Waals surface area contributed by atoms with E-state index < -0.39 is 25.0 Å². The topological polar surface area (TPSA) is 191 Å². The number of rotatable bonds is 13. The molecular weight excluding hydrogens is 1920 g/mol. The molecule has 2 aliphatic rings. The third kappa shape index (κ3) is 26.1. The SMILES string of the molecule is C/C(=C1\C(=O)N(Cc2cccc(C(=O)O)c2)c2ccccc21)c1ccc(F)cc1.CC.CC#CC(=O)N(Cc1cccc(C(=O)OC)c1)c1ccccc1I.CCI.COC(=O)c1cccc(CN2C(=O)/C(=C(\C)c3ccc(F)cc3)c3ccccc32)c1.OB(O)c1ccc(F)cc1.[CH3-].[I][V]([I])[I]. The maximum absolute atomic E-state index is 13.4. The molecule has 14 nitrogen and oxygen atoms in total. The number of carboxylic acid groups (broad SMARTS) is 1. The minimum atomic E-state index is -1.51. The standard InChI is InChI=1S/C25H20FNO3.C24H18FNO3.C19H16INO3.C6H6BFO2.C2H5I.C2H6.CH3.3HI.V/c1-16(18-10-12-20(26)13-11-18)23-21-8-3-4-9-22(21)27(24(23)28)15-17-6-5-7-19(14-17)25(29)30-2;1-15(17-9-11-19(25)12-10-17)22-20-7-2-3-8-21(20)26(23(22)27)14-16-5-4-6-18(13-16)24(28)29;1-3-7-18(22)21(17-11-5-4-10-16(17)20)13-14-8-6-9-15(12-14)19(23)24-2;8-6-3-1-5(2-4-6)7(9)10;1-2-3;1-2;;;;;/h3-14H,15H2,1-2H3;2-13H,14H2,1H3,(H,28,29);4-6,8-12H,13H2,1-2H3;1-4,9-10H;2H2,1H3;1-2H3;1H3;3*1H;/q;;;;;;-1;;;;+3/p-3/b23-16+;22-15+;;;;;;;;;. The molecule has 9 aromatic rings. The van der Waals surface area contributed by atoms with E-state index in [0.717, 1.165) is 70.7 Å². The number of alkyl halides is 1. The van der Waals surface area contributed by atoms with Gasteiger partial charge in [-0.1, -0.05) is 171 Å². The monoisotopic (exact) mass is 1990 g/mol. The molecule has 0 fully saturated rings. The number of carbonyl (C=O) groups excluding carboxylic acids is 5. The third-order valence-electron chi connectivity index (χ3n) is 14.8. The van der Waals surface area contributed by atoms with E-state index in [0.29, 0.717) is 40.8 Å². The first-order valence-electron chi connectivity index (χ1n) is 31.2. The van der Waals surface area contributed by atoms with Crippen LogP contribution in [0.3, 0.4) is 0 Å². The van der Waals surface area contributed by atoms with Crippen molar-refractivity contribution in [2.75, 3.05) is 33.3 Å². The van der Waals surface area contributed by atoms with Crippen LogP contribution >= 0.6 is 105 Å². The van der Waals surface area contributed by atoms with Gasteiger partial charge >= 0.3 is 95.8 Å². The Balaban J connectivity index is 0.000000290. The Morgan fingerprint density at radius 2 is 0.903 bits per heavy atom. The van der Waals surface area contributed by atoms with Crippen molar-refractivity contribution in [2.24, 2.45) is 0 Å². The fourth-order valence-electron chi connectivity index (χ4n) is 10.2. The van der Waals surface area contributed by atoms with Crippen molar-refractivity contribution in [1.29, 1.82) is 0 Å². The van der Waals surface area contributed by atoms with Crippen molar-refractivity contribution in [1.82, 2.24) is 0 Å². The summed E-state index contributed by atoms with van der Waals surface area (Å²) in [7, 11) is 1.17. The van der Waals surface area contributed by atoms with E-state index >= 15 is 0 Å². The molecule has 0 aliphatic carbocycles. The maximum atomic E-state index is 13.4. The molecule has 0 radical (unpaired) electrons. The van der Waals surface area contributed by atoms with Gasteiger partial charge in [0.25, 0.3) is 11.8 Å². The van der Waals surface area contributed by atoms with Gasteiger partial charge < -0.3 is 41.9 Å². The van der Waals surface area contributed by atoms with Gasteiger partial charge in [0, 0.05) is 14.7 Å². The van der Waals surface area contributed by atoms with Crippen LogP contribution in [0.5, 0.6) is 0 Å². The molecule has 3 amide bonds. The van der Waals surface area contributed by atoms with Gasteiger partial charge in [-0.25, -0.2) is 27.6 Å². The zero-order valence-corrected chi connectivity index (χ0v) is 69.8. The van der Waals surface area contributed by atoms with Crippen molar-refractivity contribution in [3.05, 3.63) is 302 Å². The number of para-hydroxylation sites is 3. The Morgan fingerprint density at radius 1 is 0.544 bits per heavy atom. The summed E-state index contributed by atoms with van der Waals surface area (Å²) in [5, 5.41) is 26.3. The second-order valence-corrected chi connectivity index (χ2v) is 59.4. The van der Waals surface area contributed by atoms with Gasteiger partial charge in [-0.3, -0.25) is 19.3 Å². The number of ether oxygens (including phenoxy) is 2. The van der Waals surface area contributed by atoms with Gasteiger partial charge in [-0.15, -0.1) is 0 Å². The summed E-state index contributed by atoms with van der Waals surface area (Å²) >= 11 is 11.9. The summed E-state index contributed by atoms with van der Waals surface area (Å²) in [5.74, 6) is 1.79. The molecule has 2 aliphatic heterocycles. The van der Waals surface area contributed by atoms with E-state index in [1.165, 1.54) is 73.2 Å². The second kappa shape index (κ2) is 45.3. The van der Waals surface area contributed by atoms with E-state index in [-0.39, 0.29) is 59.6 Å². The molecule has 0 saturated carbocycles. The zero-order chi connectivity index (χ0) is 75.2. The summed E-state index contributed by atoms with van der Waals surface area (Å²) in [6, 6.07) is 60.6. The number of fused-ring (bicyclic) bond motifs is 2. The van der Waals surface area contributed by atoms with Crippen LogP contribution in [-0.4, -0.2) is 76.5 Å². The quantitative estimate of drug-likeness (QED) is 0.0189. The van der Waals surface area contributed by atoms with Gasteiger partial charge in [-0.2, -0.15) is 0 Å². The summed E-state index contributed by atoms with van der Waals surface area (Å²) in [4.78, 5) is 78.7. The molecule has 0 aromatic heterocycles. The van der Waals surface area contributed by atoms with Crippen molar-refractivity contribution >= 4 is 193 Å². The number of halogens is 8. The molecule has 0 saturated heterocycles. The molecule has 3 N–H and O–H groups in total. The van der Waals surface area contributed by atoms with E-state index in [4.69, 9.17) is 19.5 Å².